The maximum atomic E-state index is 6.25. The zero-order chi connectivity index (χ0) is 36.0. The molecule has 0 unspecified atom stereocenters. The molecule has 0 fully saturated rings. The minimum absolute atomic E-state index is 0.138. The number of hydrogen-bond acceptors (Lipinski definition) is 2. The first-order valence-corrected chi connectivity index (χ1v) is 18.1. The summed E-state index contributed by atoms with van der Waals surface area (Å²) in [7, 11) is 9.23. The van der Waals surface area contributed by atoms with E-state index in [2.05, 4.69) is 170 Å². The first kappa shape index (κ1) is 39.6. The smallest absolute Gasteiger partial charge is 0.137 e. The Labute approximate surface area is 295 Å². The van der Waals surface area contributed by atoms with Gasteiger partial charge in [0.15, 0.2) is 0 Å². The highest BCUT2D eigenvalue weighted by molar-refractivity contribution is 5.33. The maximum absolute atomic E-state index is 6.25. The van der Waals surface area contributed by atoms with Crippen LogP contribution in [0.2, 0.25) is 0 Å². The van der Waals surface area contributed by atoms with Gasteiger partial charge in [0.05, 0.1) is 28.2 Å². The Balaban J connectivity index is 1.52. The molecule has 0 aliphatic carbocycles. The summed E-state index contributed by atoms with van der Waals surface area (Å²) < 4.78 is 14.2. The van der Waals surface area contributed by atoms with Crippen LogP contribution in [0.25, 0.3) is 0 Å². The van der Waals surface area contributed by atoms with Gasteiger partial charge in [-0.2, -0.15) is 0 Å². The lowest BCUT2D eigenvalue weighted by atomic mass is 9.72. The molecule has 0 radical (unpaired) electrons. The van der Waals surface area contributed by atoms with Crippen molar-refractivity contribution in [3.8, 4) is 11.5 Å². The van der Waals surface area contributed by atoms with Crippen molar-refractivity contribution in [2.45, 2.75) is 106 Å². The largest absolute Gasteiger partial charge is 0.488 e. The molecule has 0 spiro atoms. The third-order valence-corrected chi connectivity index (χ3v) is 9.46. The van der Waals surface area contributed by atoms with E-state index in [4.69, 9.17) is 9.47 Å². The third kappa shape index (κ3) is 13.2. The van der Waals surface area contributed by atoms with Crippen molar-refractivity contribution < 1.29 is 18.4 Å². The van der Waals surface area contributed by atoms with Crippen LogP contribution in [-0.4, -0.2) is 63.5 Å². The van der Waals surface area contributed by atoms with Crippen LogP contribution in [-0.2, 0) is 23.9 Å². The van der Waals surface area contributed by atoms with E-state index in [1.165, 1.54) is 22.3 Å². The molecule has 0 saturated carbocycles. The van der Waals surface area contributed by atoms with Gasteiger partial charge in [-0.25, -0.2) is 0 Å². The highest BCUT2D eigenvalue weighted by Crippen LogP contribution is 2.38. The number of likely N-dealkylation sites (N-methyl/N-ethyl adjacent to an activating group) is 2. The van der Waals surface area contributed by atoms with Gasteiger partial charge in [-0.1, -0.05) is 118 Å². The molecule has 0 atom stereocenters. The molecule has 3 aromatic carbocycles. The van der Waals surface area contributed by atoms with Crippen LogP contribution < -0.4 is 9.47 Å². The molecule has 0 aromatic heterocycles. The topological polar surface area (TPSA) is 18.5 Å². The third-order valence-electron chi connectivity index (χ3n) is 9.46. The number of nitrogens with zero attached hydrogens (tertiary/aromatic N) is 2. The molecule has 0 aliphatic heterocycles. The number of hydrogen-bond donors (Lipinski definition) is 0. The van der Waals surface area contributed by atoms with E-state index in [9.17, 15) is 0 Å². The van der Waals surface area contributed by atoms with Crippen molar-refractivity contribution in [1.29, 1.82) is 0 Å². The molecule has 48 heavy (non-hydrogen) atoms. The number of benzene rings is 3. The van der Waals surface area contributed by atoms with Crippen LogP contribution in [0, 0.1) is 10.8 Å². The molecular weight excluding hydrogens is 588 g/mol. The van der Waals surface area contributed by atoms with E-state index in [1.54, 1.807) is 0 Å². The molecule has 4 heteroatoms. The zero-order valence-corrected chi connectivity index (χ0v) is 33.3. The SMILES string of the molecule is CC(C)(C)CC(C)(C)c1ccc(OCC[N+](C)(C)Cc2ccccc2C[N+](C)(C)CCOc2ccc(C(C)(C)CC(C)(C)C)cc2)cc1. The summed E-state index contributed by atoms with van der Waals surface area (Å²) in [5, 5.41) is 0. The fourth-order valence-electron chi connectivity index (χ4n) is 7.63. The van der Waals surface area contributed by atoms with E-state index in [0.717, 1.165) is 59.5 Å². The molecule has 0 N–H and O–H groups in total. The Morgan fingerprint density at radius 2 is 0.771 bits per heavy atom. The molecule has 0 saturated heterocycles. The van der Waals surface area contributed by atoms with Crippen LogP contribution in [0.1, 0.15) is 104 Å². The quantitative estimate of drug-likeness (QED) is 0.143. The summed E-state index contributed by atoms with van der Waals surface area (Å²) >= 11 is 0. The van der Waals surface area contributed by atoms with Crippen molar-refractivity contribution in [2.24, 2.45) is 10.8 Å². The van der Waals surface area contributed by atoms with Crippen LogP contribution in [0.3, 0.4) is 0 Å². The van der Waals surface area contributed by atoms with E-state index in [1.807, 2.05) is 0 Å². The molecule has 3 aromatic rings. The lowest BCUT2D eigenvalue weighted by Gasteiger charge is -2.33. The van der Waals surface area contributed by atoms with E-state index in [0.29, 0.717) is 24.0 Å². The normalized spacial score (nSPS) is 13.5. The Morgan fingerprint density at radius 1 is 0.458 bits per heavy atom. The van der Waals surface area contributed by atoms with Gasteiger partial charge in [0.1, 0.15) is 50.9 Å². The predicted molar refractivity (Wildman–Crippen MR) is 206 cm³/mol. The maximum Gasteiger partial charge on any atom is 0.137 e. The van der Waals surface area contributed by atoms with Crippen LogP contribution in [0.4, 0.5) is 0 Å². The molecule has 0 aliphatic rings. The summed E-state index contributed by atoms with van der Waals surface area (Å²) in [6.45, 7) is 28.4. The highest BCUT2D eigenvalue weighted by Gasteiger charge is 2.29. The Kier molecular flexibility index (Phi) is 12.7. The predicted octanol–water partition coefficient (Wildman–Crippen LogP) is 10.4. The van der Waals surface area contributed by atoms with E-state index in [-0.39, 0.29) is 10.8 Å². The van der Waals surface area contributed by atoms with E-state index < -0.39 is 0 Å². The lowest BCUT2D eigenvalue weighted by molar-refractivity contribution is -0.907. The summed E-state index contributed by atoms with van der Waals surface area (Å²) in [6, 6.07) is 26.5. The molecule has 0 bridgehead atoms. The molecule has 4 nitrogen and oxygen atoms in total. The minimum atomic E-state index is 0.138. The molecule has 266 valence electrons. The number of quaternary nitrogens is 2. The zero-order valence-electron chi connectivity index (χ0n) is 33.3. The van der Waals surface area contributed by atoms with Crippen LogP contribution >= 0.6 is 0 Å². The Hall–Kier alpha value is -2.82. The van der Waals surface area contributed by atoms with Crippen molar-refractivity contribution in [3.63, 3.8) is 0 Å². The summed E-state index contributed by atoms with van der Waals surface area (Å²) in [6.07, 6.45) is 2.28. The number of ether oxygens (including phenoxy) is 2. The fourth-order valence-corrected chi connectivity index (χ4v) is 7.63. The summed E-state index contributed by atoms with van der Waals surface area (Å²) in [4.78, 5) is 0. The fraction of sp³-hybridized carbons (Fsp3) is 0.591. The minimum Gasteiger partial charge on any atom is -0.488 e. The molecule has 0 amide bonds. The Morgan fingerprint density at radius 3 is 1.06 bits per heavy atom. The van der Waals surface area contributed by atoms with Gasteiger partial charge in [-0.15, -0.1) is 0 Å². The summed E-state index contributed by atoms with van der Waals surface area (Å²) in [5.41, 5.74) is 6.42. The number of rotatable bonds is 16. The van der Waals surface area contributed by atoms with Crippen LogP contribution in [0.5, 0.6) is 11.5 Å². The van der Waals surface area contributed by atoms with Crippen molar-refractivity contribution >= 4 is 0 Å². The second kappa shape index (κ2) is 15.4. The molecule has 0 heterocycles. The van der Waals surface area contributed by atoms with Gasteiger partial charge in [-0.05, 0) is 69.9 Å². The van der Waals surface area contributed by atoms with Gasteiger partial charge in [0.25, 0.3) is 0 Å². The lowest BCUT2D eigenvalue weighted by Crippen LogP contribution is -2.44. The second-order valence-electron chi connectivity index (χ2n) is 19.4. The highest BCUT2D eigenvalue weighted by atomic mass is 16.5. The van der Waals surface area contributed by atoms with E-state index >= 15 is 0 Å². The second-order valence-corrected chi connectivity index (χ2v) is 19.4. The molecular formula is C44H70N2O2+2. The monoisotopic (exact) mass is 659 g/mol. The van der Waals surface area contributed by atoms with Gasteiger partial charge in [-0.3, -0.25) is 0 Å². The van der Waals surface area contributed by atoms with Gasteiger partial charge in [0.2, 0.25) is 0 Å². The Bertz CT molecular complexity index is 1310. The first-order valence-electron chi connectivity index (χ1n) is 18.1. The average molecular weight is 659 g/mol. The van der Waals surface area contributed by atoms with Crippen molar-refractivity contribution in [1.82, 2.24) is 0 Å². The van der Waals surface area contributed by atoms with Crippen LogP contribution in [0.15, 0.2) is 72.8 Å². The molecule has 3 rings (SSSR count). The van der Waals surface area contributed by atoms with Gasteiger partial charge < -0.3 is 18.4 Å². The van der Waals surface area contributed by atoms with Crippen molar-refractivity contribution in [3.05, 3.63) is 95.1 Å². The van der Waals surface area contributed by atoms with Gasteiger partial charge >= 0.3 is 0 Å². The first-order chi connectivity index (χ1) is 22.0. The summed E-state index contributed by atoms with van der Waals surface area (Å²) in [5.74, 6) is 1.90. The average Bonchev–Trinajstić information content (AvgIpc) is 2.92. The standard InChI is InChI=1S/C44H70N2O2/c1-41(2,3)33-43(7,8)37-19-23-39(24-20-37)47-29-27-45(11,12)31-35-17-15-16-18-36(35)32-46(13,14)28-30-48-40-25-21-38(22-26-40)44(9,10)34-42(4,5)6/h15-26H,27-34H2,1-14H3/q+2. The van der Waals surface area contributed by atoms with Gasteiger partial charge in [0, 0.05) is 11.1 Å². The van der Waals surface area contributed by atoms with Crippen molar-refractivity contribution in [2.75, 3.05) is 54.5 Å².